The summed E-state index contributed by atoms with van der Waals surface area (Å²) in [7, 11) is 2.64. The van der Waals surface area contributed by atoms with Gasteiger partial charge in [-0.25, -0.2) is 9.82 Å². The third-order valence-corrected chi connectivity index (χ3v) is 3.27. The molecule has 1 amide bonds. The van der Waals surface area contributed by atoms with Crippen molar-refractivity contribution in [3.8, 4) is 11.5 Å². The lowest BCUT2D eigenvalue weighted by Crippen LogP contribution is -2.25. The molecule has 7 nitrogen and oxygen atoms in total. The van der Waals surface area contributed by atoms with Gasteiger partial charge < -0.3 is 19.4 Å². The van der Waals surface area contributed by atoms with E-state index in [9.17, 15) is 19.1 Å². The molecule has 8 heteroatoms. The van der Waals surface area contributed by atoms with E-state index in [2.05, 4.69) is 10.5 Å². The molecule has 0 spiro atoms. The largest absolute Gasteiger partial charge is 0.545 e. The van der Waals surface area contributed by atoms with Gasteiger partial charge >= 0.3 is 0 Å². The van der Waals surface area contributed by atoms with E-state index in [1.165, 1.54) is 44.6 Å². The monoisotopic (exact) mass is 345 g/mol. The highest BCUT2D eigenvalue weighted by Crippen LogP contribution is 2.32. The Morgan fingerprint density at radius 2 is 1.88 bits per heavy atom. The van der Waals surface area contributed by atoms with Crippen LogP contribution in [0, 0.1) is 5.82 Å². The Balaban J connectivity index is 2.28. The Kier molecular flexibility index (Phi) is 5.67. The molecule has 0 atom stereocenters. The normalized spacial score (nSPS) is 10.5. The Morgan fingerprint density at radius 1 is 1.16 bits per heavy atom. The number of halogens is 1. The third kappa shape index (κ3) is 3.92. The fourth-order valence-electron chi connectivity index (χ4n) is 2.13. The standard InChI is InChI=1S/C17H15FN2O5/c1-24-13-8-7-10(14(17(22)23)15(13)25-2)9-19-20-16(21)11-5-3-4-6-12(11)18/h3-9H,1-2H3,(H,20,21)(H,22,23)/p-1/b19-9-. The number of carboxylic acid groups (broad SMARTS) is 1. The molecule has 0 fully saturated rings. The number of hydrogen-bond donors (Lipinski definition) is 1. The van der Waals surface area contributed by atoms with E-state index in [1.807, 2.05) is 0 Å². The van der Waals surface area contributed by atoms with Crippen LogP contribution in [0.3, 0.4) is 0 Å². The fraction of sp³-hybridized carbons (Fsp3) is 0.118. The lowest BCUT2D eigenvalue weighted by Gasteiger charge is -2.15. The molecule has 25 heavy (non-hydrogen) atoms. The Bertz CT molecular complexity index is 836. The van der Waals surface area contributed by atoms with Gasteiger partial charge in [0, 0.05) is 5.56 Å². The maximum Gasteiger partial charge on any atom is 0.274 e. The predicted molar refractivity (Wildman–Crippen MR) is 85.3 cm³/mol. The van der Waals surface area contributed by atoms with Crippen LogP contribution in [0.15, 0.2) is 41.5 Å². The van der Waals surface area contributed by atoms with E-state index in [0.717, 1.165) is 12.3 Å². The molecule has 0 aromatic heterocycles. The van der Waals surface area contributed by atoms with Gasteiger partial charge in [-0.1, -0.05) is 12.1 Å². The number of rotatable bonds is 6. The highest BCUT2D eigenvalue weighted by molar-refractivity contribution is 6.01. The second-order valence-electron chi connectivity index (χ2n) is 4.73. The second kappa shape index (κ2) is 7.91. The number of benzene rings is 2. The zero-order valence-corrected chi connectivity index (χ0v) is 13.4. The molecule has 2 rings (SSSR count). The van der Waals surface area contributed by atoms with Gasteiger partial charge in [0.05, 0.1) is 37.5 Å². The number of carboxylic acids is 1. The van der Waals surface area contributed by atoms with Crippen LogP contribution in [-0.4, -0.2) is 32.3 Å². The lowest BCUT2D eigenvalue weighted by atomic mass is 10.1. The quantitative estimate of drug-likeness (QED) is 0.621. The number of ether oxygens (including phenoxy) is 2. The SMILES string of the molecule is COc1ccc(/C=N\NC(=O)c2ccccc2F)c(C(=O)[O-])c1OC. The average molecular weight is 345 g/mol. The topological polar surface area (TPSA) is 100 Å². The summed E-state index contributed by atoms with van der Waals surface area (Å²) in [6.07, 6.45) is 1.09. The summed E-state index contributed by atoms with van der Waals surface area (Å²) in [5.74, 6) is -2.81. The van der Waals surface area contributed by atoms with E-state index in [0.29, 0.717) is 0 Å². The molecule has 0 bridgehead atoms. The van der Waals surface area contributed by atoms with E-state index >= 15 is 0 Å². The van der Waals surface area contributed by atoms with Crippen LogP contribution in [0.25, 0.3) is 0 Å². The molecule has 2 aromatic carbocycles. The van der Waals surface area contributed by atoms with Crippen molar-refractivity contribution in [2.24, 2.45) is 5.10 Å². The molecule has 0 aliphatic rings. The van der Waals surface area contributed by atoms with Crippen molar-refractivity contribution >= 4 is 18.1 Å². The van der Waals surface area contributed by atoms with Gasteiger partial charge in [-0.3, -0.25) is 4.79 Å². The summed E-state index contributed by atoms with van der Waals surface area (Å²) < 4.78 is 23.6. The zero-order valence-electron chi connectivity index (χ0n) is 13.4. The van der Waals surface area contributed by atoms with Crippen LogP contribution < -0.4 is 20.0 Å². The Labute approximate surface area is 142 Å². The van der Waals surface area contributed by atoms with Gasteiger partial charge in [-0.2, -0.15) is 5.10 Å². The minimum absolute atomic E-state index is 0.0353. The maximum atomic E-state index is 13.5. The molecule has 0 aliphatic heterocycles. The van der Waals surface area contributed by atoms with Gasteiger partial charge in [0.2, 0.25) is 0 Å². The first-order valence-corrected chi connectivity index (χ1v) is 7.03. The minimum atomic E-state index is -1.50. The van der Waals surface area contributed by atoms with E-state index in [1.54, 1.807) is 0 Å². The first kappa shape index (κ1) is 17.9. The van der Waals surface area contributed by atoms with Crippen molar-refractivity contribution in [3.05, 3.63) is 58.9 Å². The molecule has 0 aliphatic carbocycles. The number of carbonyl (C=O) groups is 2. The smallest absolute Gasteiger partial charge is 0.274 e. The lowest BCUT2D eigenvalue weighted by molar-refractivity contribution is -0.255. The maximum absolute atomic E-state index is 13.5. The van der Waals surface area contributed by atoms with Crippen molar-refractivity contribution in [2.45, 2.75) is 0 Å². The van der Waals surface area contributed by atoms with Crippen LogP contribution in [0.4, 0.5) is 4.39 Å². The van der Waals surface area contributed by atoms with Crippen LogP contribution in [0.5, 0.6) is 11.5 Å². The van der Waals surface area contributed by atoms with Crippen molar-refractivity contribution in [1.29, 1.82) is 0 Å². The number of methoxy groups -OCH3 is 2. The fourth-order valence-corrected chi connectivity index (χ4v) is 2.13. The summed E-state index contributed by atoms with van der Waals surface area (Å²) >= 11 is 0. The molecule has 0 saturated heterocycles. The third-order valence-electron chi connectivity index (χ3n) is 3.27. The number of aromatic carboxylic acids is 1. The number of nitrogens with one attached hydrogen (secondary N) is 1. The van der Waals surface area contributed by atoms with Gasteiger partial charge in [0.15, 0.2) is 11.5 Å². The number of nitrogens with zero attached hydrogens (tertiary/aromatic N) is 1. The molecular weight excluding hydrogens is 331 g/mol. The summed E-state index contributed by atoms with van der Waals surface area (Å²) in [6.45, 7) is 0. The summed E-state index contributed by atoms with van der Waals surface area (Å²) in [6, 6.07) is 8.27. The van der Waals surface area contributed by atoms with Crippen LogP contribution in [0.1, 0.15) is 26.3 Å². The molecule has 1 N–H and O–H groups in total. The number of hydrazone groups is 1. The summed E-state index contributed by atoms with van der Waals surface area (Å²) in [5, 5.41) is 15.0. The van der Waals surface area contributed by atoms with Gasteiger partial charge in [0.1, 0.15) is 5.82 Å². The molecular formula is C17H14FN2O5-. The predicted octanol–water partition coefficient (Wildman–Crippen LogP) is 0.970. The summed E-state index contributed by atoms with van der Waals surface area (Å²) in [4.78, 5) is 23.2. The molecule has 0 radical (unpaired) electrons. The second-order valence-corrected chi connectivity index (χ2v) is 4.73. The van der Waals surface area contributed by atoms with Crippen molar-refractivity contribution < 1.29 is 28.6 Å². The molecule has 2 aromatic rings. The first-order valence-electron chi connectivity index (χ1n) is 7.03. The Morgan fingerprint density at radius 3 is 2.48 bits per heavy atom. The van der Waals surface area contributed by atoms with Crippen molar-refractivity contribution in [2.75, 3.05) is 14.2 Å². The van der Waals surface area contributed by atoms with Crippen molar-refractivity contribution in [1.82, 2.24) is 5.43 Å². The van der Waals surface area contributed by atoms with E-state index in [-0.39, 0.29) is 28.2 Å². The van der Waals surface area contributed by atoms with E-state index in [4.69, 9.17) is 9.47 Å². The molecule has 130 valence electrons. The van der Waals surface area contributed by atoms with Crippen LogP contribution in [0.2, 0.25) is 0 Å². The van der Waals surface area contributed by atoms with Gasteiger partial charge in [-0.05, 0) is 24.3 Å². The summed E-state index contributed by atoms with van der Waals surface area (Å²) in [5.41, 5.74) is 1.77. The van der Waals surface area contributed by atoms with E-state index < -0.39 is 17.7 Å². The number of carbonyl (C=O) groups excluding carboxylic acids is 2. The zero-order chi connectivity index (χ0) is 18.4. The molecule has 0 saturated carbocycles. The van der Waals surface area contributed by atoms with Gasteiger partial charge in [0.25, 0.3) is 5.91 Å². The molecule has 0 heterocycles. The first-order chi connectivity index (χ1) is 12.0. The number of hydrogen-bond acceptors (Lipinski definition) is 6. The average Bonchev–Trinajstić information content (AvgIpc) is 2.60. The van der Waals surface area contributed by atoms with Gasteiger partial charge in [-0.15, -0.1) is 0 Å². The van der Waals surface area contributed by atoms with Crippen molar-refractivity contribution in [3.63, 3.8) is 0 Å². The minimum Gasteiger partial charge on any atom is -0.545 e. The molecule has 0 unspecified atom stereocenters. The van der Waals surface area contributed by atoms with Crippen LogP contribution >= 0.6 is 0 Å². The Hall–Kier alpha value is -3.42. The highest BCUT2D eigenvalue weighted by Gasteiger charge is 2.15. The van der Waals surface area contributed by atoms with Crippen LogP contribution in [-0.2, 0) is 0 Å². The highest BCUT2D eigenvalue weighted by atomic mass is 19.1. The number of amides is 1.